The summed E-state index contributed by atoms with van der Waals surface area (Å²) in [7, 11) is 0. The van der Waals surface area contributed by atoms with Gasteiger partial charge in [-0.3, -0.25) is 4.79 Å². The van der Waals surface area contributed by atoms with E-state index in [2.05, 4.69) is 4.57 Å². The van der Waals surface area contributed by atoms with E-state index in [4.69, 9.17) is 16.3 Å². The zero-order valence-corrected chi connectivity index (χ0v) is 16.1. The highest BCUT2D eigenvalue weighted by Gasteiger charge is 2.16. The zero-order chi connectivity index (χ0) is 19.3. The molecule has 140 valence electrons. The highest BCUT2D eigenvalue weighted by Crippen LogP contribution is 2.25. The SMILES string of the molecule is O=C(c1ccccc1)c1cn(CCCOc2ccccc2Cl)c2ccccc12. The topological polar surface area (TPSA) is 31.2 Å². The van der Waals surface area contributed by atoms with Crippen molar-refractivity contribution in [3.63, 3.8) is 0 Å². The molecule has 0 saturated heterocycles. The summed E-state index contributed by atoms with van der Waals surface area (Å²) in [5.74, 6) is 0.740. The lowest BCUT2D eigenvalue weighted by molar-refractivity contribution is 0.104. The van der Waals surface area contributed by atoms with E-state index in [1.165, 1.54) is 0 Å². The molecule has 0 amide bonds. The van der Waals surface area contributed by atoms with E-state index in [0.29, 0.717) is 22.9 Å². The number of hydrogen-bond acceptors (Lipinski definition) is 2. The molecule has 0 aliphatic heterocycles. The van der Waals surface area contributed by atoms with Crippen LogP contribution in [0.4, 0.5) is 0 Å². The Morgan fingerprint density at radius 1 is 0.893 bits per heavy atom. The predicted octanol–water partition coefficient (Wildman–Crippen LogP) is 5.99. The van der Waals surface area contributed by atoms with Crippen LogP contribution >= 0.6 is 11.6 Å². The van der Waals surface area contributed by atoms with Crippen molar-refractivity contribution >= 4 is 28.3 Å². The van der Waals surface area contributed by atoms with E-state index >= 15 is 0 Å². The molecule has 4 heteroatoms. The van der Waals surface area contributed by atoms with Gasteiger partial charge in [-0.15, -0.1) is 0 Å². The molecule has 0 fully saturated rings. The quantitative estimate of drug-likeness (QED) is 0.287. The third kappa shape index (κ3) is 3.80. The zero-order valence-electron chi connectivity index (χ0n) is 15.3. The van der Waals surface area contributed by atoms with Gasteiger partial charge in [-0.2, -0.15) is 0 Å². The molecule has 1 aromatic heterocycles. The molecule has 0 spiro atoms. The molecule has 0 radical (unpaired) electrons. The van der Waals surface area contributed by atoms with Crippen molar-refractivity contribution in [2.24, 2.45) is 0 Å². The monoisotopic (exact) mass is 389 g/mol. The summed E-state index contributed by atoms with van der Waals surface area (Å²) in [6.45, 7) is 1.31. The Morgan fingerprint density at radius 3 is 2.43 bits per heavy atom. The highest BCUT2D eigenvalue weighted by atomic mass is 35.5. The summed E-state index contributed by atoms with van der Waals surface area (Å²) in [5.41, 5.74) is 2.49. The van der Waals surface area contributed by atoms with Crippen LogP contribution in [0, 0.1) is 0 Å². The van der Waals surface area contributed by atoms with Crippen LogP contribution in [0.15, 0.2) is 85.1 Å². The van der Waals surface area contributed by atoms with Gasteiger partial charge in [0.05, 0.1) is 11.6 Å². The summed E-state index contributed by atoms with van der Waals surface area (Å²) in [6, 6.07) is 24.9. The average Bonchev–Trinajstić information content (AvgIpc) is 3.11. The number of halogens is 1. The second-order valence-electron chi connectivity index (χ2n) is 6.58. The smallest absolute Gasteiger partial charge is 0.195 e. The minimum atomic E-state index is 0.0443. The fraction of sp³-hybridized carbons (Fsp3) is 0.125. The Bertz CT molecular complexity index is 1100. The van der Waals surface area contributed by atoms with E-state index in [9.17, 15) is 4.79 Å². The Kier molecular flexibility index (Phi) is 5.45. The number of carbonyl (C=O) groups excluding carboxylic acids is 1. The molecule has 3 nitrogen and oxygen atoms in total. The molecule has 4 rings (SSSR count). The number of hydrogen-bond donors (Lipinski definition) is 0. The van der Waals surface area contributed by atoms with Crippen molar-refractivity contribution in [3.8, 4) is 5.75 Å². The van der Waals surface area contributed by atoms with E-state index in [1.807, 2.05) is 85.1 Å². The Hall–Kier alpha value is -3.04. The standard InChI is InChI=1S/C24H20ClNO2/c25-21-12-5-7-14-23(21)28-16-8-15-26-17-20(19-11-4-6-13-22(19)26)24(27)18-9-2-1-3-10-18/h1-7,9-14,17H,8,15-16H2. The number of carbonyl (C=O) groups is 1. The van der Waals surface area contributed by atoms with Gasteiger partial charge in [0.15, 0.2) is 5.78 Å². The molecular formula is C24H20ClNO2. The second kappa shape index (κ2) is 8.32. The Labute approximate surface area is 169 Å². The molecule has 0 unspecified atom stereocenters. The number of ketones is 1. The van der Waals surface area contributed by atoms with Crippen LogP contribution in [-0.4, -0.2) is 17.0 Å². The van der Waals surface area contributed by atoms with E-state index in [0.717, 1.165) is 29.4 Å². The summed E-state index contributed by atoms with van der Waals surface area (Å²) in [5, 5.41) is 1.59. The molecule has 1 heterocycles. The molecule has 0 aliphatic carbocycles. The molecule has 0 saturated carbocycles. The third-order valence-electron chi connectivity index (χ3n) is 4.71. The van der Waals surface area contributed by atoms with Gasteiger partial charge in [0.2, 0.25) is 0 Å². The number of rotatable bonds is 7. The molecule has 0 bridgehead atoms. The normalized spacial score (nSPS) is 10.9. The number of fused-ring (bicyclic) bond motifs is 1. The van der Waals surface area contributed by atoms with Gasteiger partial charge in [-0.1, -0.05) is 72.3 Å². The first-order chi connectivity index (χ1) is 13.7. The fourth-order valence-corrected chi connectivity index (χ4v) is 3.53. The number of nitrogens with zero attached hydrogens (tertiary/aromatic N) is 1. The lowest BCUT2D eigenvalue weighted by Gasteiger charge is -2.09. The van der Waals surface area contributed by atoms with Crippen molar-refractivity contribution in [3.05, 3.63) is 101 Å². The van der Waals surface area contributed by atoms with Gasteiger partial charge in [-0.05, 0) is 24.6 Å². The van der Waals surface area contributed by atoms with Crippen molar-refractivity contribution in [1.82, 2.24) is 4.57 Å². The summed E-state index contributed by atoms with van der Waals surface area (Å²) in [4.78, 5) is 13.0. The van der Waals surface area contributed by atoms with Crippen LogP contribution in [0.1, 0.15) is 22.3 Å². The molecule has 3 aromatic carbocycles. The maximum atomic E-state index is 13.0. The highest BCUT2D eigenvalue weighted by molar-refractivity contribution is 6.32. The van der Waals surface area contributed by atoms with Crippen LogP contribution in [0.25, 0.3) is 10.9 Å². The number of aromatic nitrogens is 1. The summed E-state index contributed by atoms with van der Waals surface area (Å²) >= 11 is 6.13. The lowest BCUT2D eigenvalue weighted by atomic mass is 10.0. The van der Waals surface area contributed by atoms with Gasteiger partial charge >= 0.3 is 0 Å². The maximum Gasteiger partial charge on any atom is 0.195 e. The van der Waals surface area contributed by atoms with Crippen LogP contribution in [-0.2, 0) is 6.54 Å². The van der Waals surface area contributed by atoms with E-state index < -0.39 is 0 Å². The van der Waals surface area contributed by atoms with E-state index in [-0.39, 0.29) is 5.78 Å². The first kappa shape index (κ1) is 18.3. The maximum absolute atomic E-state index is 13.0. The van der Waals surface area contributed by atoms with Gasteiger partial charge < -0.3 is 9.30 Å². The lowest BCUT2D eigenvalue weighted by Crippen LogP contribution is -2.04. The first-order valence-electron chi connectivity index (χ1n) is 9.29. The predicted molar refractivity (Wildman–Crippen MR) is 113 cm³/mol. The number of ether oxygens (including phenoxy) is 1. The van der Waals surface area contributed by atoms with Gasteiger partial charge in [0.1, 0.15) is 5.75 Å². The first-order valence-corrected chi connectivity index (χ1v) is 9.67. The van der Waals surface area contributed by atoms with Gasteiger partial charge in [-0.25, -0.2) is 0 Å². The number of benzene rings is 3. The molecule has 0 atom stereocenters. The average molecular weight is 390 g/mol. The Morgan fingerprint density at radius 2 is 1.61 bits per heavy atom. The van der Waals surface area contributed by atoms with Gasteiger partial charge in [0, 0.05) is 34.8 Å². The van der Waals surface area contributed by atoms with Crippen molar-refractivity contribution in [2.75, 3.05) is 6.61 Å². The molecular weight excluding hydrogens is 370 g/mol. The summed E-state index contributed by atoms with van der Waals surface area (Å²) in [6.07, 6.45) is 2.76. The second-order valence-corrected chi connectivity index (χ2v) is 6.99. The molecule has 0 N–H and O–H groups in total. The third-order valence-corrected chi connectivity index (χ3v) is 5.02. The fourth-order valence-electron chi connectivity index (χ4n) is 3.34. The molecule has 0 aliphatic rings. The number of aryl methyl sites for hydroxylation is 1. The minimum absolute atomic E-state index is 0.0443. The van der Waals surface area contributed by atoms with Crippen molar-refractivity contribution in [1.29, 1.82) is 0 Å². The summed E-state index contributed by atoms with van der Waals surface area (Å²) < 4.78 is 7.91. The van der Waals surface area contributed by atoms with Crippen LogP contribution < -0.4 is 4.74 Å². The van der Waals surface area contributed by atoms with Gasteiger partial charge in [0.25, 0.3) is 0 Å². The molecule has 28 heavy (non-hydrogen) atoms. The largest absolute Gasteiger partial charge is 0.492 e. The van der Waals surface area contributed by atoms with Crippen LogP contribution in [0.2, 0.25) is 5.02 Å². The van der Waals surface area contributed by atoms with Crippen LogP contribution in [0.5, 0.6) is 5.75 Å². The minimum Gasteiger partial charge on any atom is -0.492 e. The van der Waals surface area contributed by atoms with Crippen LogP contribution in [0.3, 0.4) is 0 Å². The van der Waals surface area contributed by atoms with Crippen molar-refractivity contribution < 1.29 is 9.53 Å². The number of para-hydroxylation sites is 2. The van der Waals surface area contributed by atoms with Crippen molar-refractivity contribution in [2.45, 2.75) is 13.0 Å². The van der Waals surface area contributed by atoms with E-state index in [1.54, 1.807) is 0 Å². The Balaban J connectivity index is 1.52. The molecule has 4 aromatic rings.